The molecule has 0 fully saturated rings. The second-order valence-electron chi connectivity index (χ2n) is 6.78. The van der Waals surface area contributed by atoms with E-state index >= 15 is 0 Å². The summed E-state index contributed by atoms with van der Waals surface area (Å²) in [6.07, 6.45) is 0.340. The SMILES string of the molecule is O=C(CCCNS(=O)(=O)c1ccc2c(c1)OCCO2)OCc1cc(Cl)c2c(c1)OCO2. The smallest absolute Gasteiger partial charge is 0.306 e. The number of nitrogens with one attached hydrogen (secondary N) is 1. The van der Waals surface area contributed by atoms with Gasteiger partial charge in [0.15, 0.2) is 23.0 Å². The molecule has 0 aromatic heterocycles. The monoisotopic (exact) mass is 469 g/mol. The zero-order chi connectivity index (χ0) is 21.8. The second kappa shape index (κ2) is 9.21. The maximum absolute atomic E-state index is 12.4. The molecule has 2 aromatic rings. The number of rotatable bonds is 8. The van der Waals surface area contributed by atoms with Crippen LogP contribution in [0.25, 0.3) is 0 Å². The van der Waals surface area contributed by atoms with E-state index in [4.69, 9.17) is 35.3 Å². The number of hydrogen-bond donors (Lipinski definition) is 1. The summed E-state index contributed by atoms with van der Waals surface area (Å²) in [4.78, 5) is 12.0. The molecule has 0 aliphatic carbocycles. The first-order valence-electron chi connectivity index (χ1n) is 9.55. The summed E-state index contributed by atoms with van der Waals surface area (Å²) < 4.78 is 53.9. The third kappa shape index (κ3) is 5.15. The molecule has 0 spiro atoms. The van der Waals surface area contributed by atoms with Crippen LogP contribution in [0, 0.1) is 0 Å². The average Bonchev–Trinajstić information content (AvgIpc) is 3.24. The van der Waals surface area contributed by atoms with Crippen molar-refractivity contribution in [2.24, 2.45) is 0 Å². The quantitative estimate of drug-likeness (QED) is 0.464. The van der Waals surface area contributed by atoms with Gasteiger partial charge in [-0.1, -0.05) is 11.6 Å². The maximum Gasteiger partial charge on any atom is 0.306 e. The molecule has 0 saturated heterocycles. The Labute approximate surface area is 184 Å². The first kappa shape index (κ1) is 21.5. The van der Waals surface area contributed by atoms with Crippen LogP contribution >= 0.6 is 11.6 Å². The van der Waals surface area contributed by atoms with E-state index in [0.29, 0.717) is 46.8 Å². The summed E-state index contributed by atoms with van der Waals surface area (Å²) >= 11 is 6.10. The summed E-state index contributed by atoms with van der Waals surface area (Å²) in [5, 5.41) is 0.384. The first-order valence-corrected chi connectivity index (χ1v) is 11.4. The predicted molar refractivity (Wildman–Crippen MR) is 109 cm³/mol. The van der Waals surface area contributed by atoms with E-state index in [1.165, 1.54) is 12.1 Å². The van der Waals surface area contributed by atoms with Crippen molar-refractivity contribution in [1.82, 2.24) is 4.72 Å². The van der Waals surface area contributed by atoms with Gasteiger partial charge in [0.2, 0.25) is 16.8 Å². The first-order chi connectivity index (χ1) is 14.9. The Balaban J connectivity index is 1.22. The fourth-order valence-corrected chi connectivity index (χ4v) is 4.43. The molecular weight excluding hydrogens is 450 g/mol. The number of ether oxygens (including phenoxy) is 5. The van der Waals surface area contributed by atoms with E-state index in [2.05, 4.69) is 4.72 Å². The molecule has 0 saturated carbocycles. The van der Waals surface area contributed by atoms with E-state index in [-0.39, 0.29) is 37.7 Å². The Bertz CT molecular complexity index is 1090. The lowest BCUT2D eigenvalue weighted by atomic mass is 10.2. The summed E-state index contributed by atoms with van der Waals surface area (Å²) in [6.45, 7) is 1.000. The minimum atomic E-state index is -3.74. The average molecular weight is 470 g/mol. The van der Waals surface area contributed by atoms with E-state index < -0.39 is 16.0 Å². The minimum Gasteiger partial charge on any atom is -0.486 e. The number of sulfonamides is 1. The number of hydrogen-bond acceptors (Lipinski definition) is 8. The van der Waals surface area contributed by atoms with Gasteiger partial charge in [0.05, 0.1) is 9.92 Å². The highest BCUT2D eigenvalue weighted by Crippen LogP contribution is 2.40. The van der Waals surface area contributed by atoms with Crippen molar-refractivity contribution in [3.05, 3.63) is 40.9 Å². The summed E-state index contributed by atoms with van der Waals surface area (Å²) in [7, 11) is -3.74. The van der Waals surface area contributed by atoms with Crippen molar-refractivity contribution in [3.8, 4) is 23.0 Å². The maximum atomic E-state index is 12.4. The Morgan fingerprint density at radius 2 is 1.84 bits per heavy atom. The Morgan fingerprint density at radius 1 is 1.03 bits per heavy atom. The Hall–Kier alpha value is -2.69. The van der Waals surface area contributed by atoms with Gasteiger partial charge in [-0.05, 0) is 36.2 Å². The van der Waals surface area contributed by atoms with Crippen LogP contribution < -0.4 is 23.7 Å². The van der Waals surface area contributed by atoms with Crippen LogP contribution in [-0.4, -0.2) is 40.9 Å². The lowest BCUT2D eigenvalue weighted by molar-refractivity contribution is -0.145. The Morgan fingerprint density at radius 3 is 2.68 bits per heavy atom. The third-order valence-corrected chi connectivity index (χ3v) is 6.30. The van der Waals surface area contributed by atoms with Crippen LogP contribution in [0.5, 0.6) is 23.0 Å². The van der Waals surface area contributed by atoms with E-state index in [0.717, 1.165) is 0 Å². The molecule has 11 heteroatoms. The molecule has 166 valence electrons. The highest BCUT2D eigenvalue weighted by Gasteiger charge is 2.20. The van der Waals surface area contributed by atoms with Crippen LogP contribution in [0.1, 0.15) is 18.4 Å². The van der Waals surface area contributed by atoms with E-state index in [1.54, 1.807) is 18.2 Å². The second-order valence-corrected chi connectivity index (χ2v) is 8.95. The van der Waals surface area contributed by atoms with Crippen LogP contribution in [0.4, 0.5) is 0 Å². The lowest BCUT2D eigenvalue weighted by Gasteiger charge is -2.18. The molecule has 0 bridgehead atoms. The fraction of sp³-hybridized carbons (Fsp3) is 0.350. The highest BCUT2D eigenvalue weighted by molar-refractivity contribution is 7.89. The van der Waals surface area contributed by atoms with Crippen LogP contribution in [-0.2, 0) is 26.2 Å². The predicted octanol–water partition coefficient (Wildman–Crippen LogP) is 2.64. The number of benzene rings is 2. The molecule has 9 nitrogen and oxygen atoms in total. The number of fused-ring (bicyclic) bond motifs is 2. The van der Waals surface area contributed by atoms with Gasteiger partial charge in [-0.2, -0.15) is 0 Å². The zero-order valence-corrected chi connectivity index (χ0v) is 18.0. The summed E-state index contributed by atoms with van der Waals surface area (Å²) in [5.74, 6) is 1.43. The molecule has 1 N–H and O–H groups in total. The van der Waals surface area contributed by atoms with Crippen molar-refractivity contribution in [1.29, 1.82) is 0 Å². The molecular formula is C20H20ClNO8S. The number of carbonyl (C=O) groups is 1. The number of halogens is 1. The van der Waals surface area contributed by atoms with Gasteiger partial charge < -0.3 is 23.7 Å². The zero-order valence-electron chi connectivity index (χ0n) is 16.4. The van der Waals surface area contributed by atoms with Gasteiger partial charge >= 0.3 is 5.97 Å². The minimum absolute atomic E-state index is 0.0259. The topological polar surface area (TPSA) is 109 Å². The van der Waals surface area contributed by atoms with E-state index in [1.807, 2.05) is 0 Å². The van der Waals surface area contributed by atoms with Gasteiger partial charge in [0.1, 0.15) is 19.8 Å². The molecule has 2 aliphatic rings. The number of esters is 1. The highest BCUT2D eigenvalue weighted by atomic mass is 35.5. The molecule has 2 aliphatic heterocycles. The standard InChI is InChI=1S/C20H20ClNO8S/c21-15-8-13(9-18-20(15)30-12-29-18)11-28-19(23)2-1-5-22-31(24,25)14-3-4-16-17(10-14)27-7-6-26-16/h3-4,8-10,22H,1-2,5-7,11-12H2. The van der Waals surface area contributed by atoms with Gasteiger partial charge in [-0.15, -0.1) is 0 Å². The summed E-state index contributed by atoms with van der Waals surface area (Å²) in [5.41, 5.74) is 0.668. The molecule has 2 aromatic carbocycles. The largest absolute Gasteiger partial charge is 0.486 e. The third-order valence-electron chi connectivity index (χ3n) is 4.56. The molecule has 2 heterocycles. The molecule has 0 radical (unpaired) electrons. The molecule has 0 amide bonds. The van der Waals surface area contributed by atoms with Crippen LogP contribution in [0.2, 0.25) is 5.02 Å². The number of carbonyl (C=O) groups excluding carboxylic acids is 1. The molecule has 31 heavy (non-hydrogen) atoms. The van der Waals surface area contributed by atoms with E-state index in [9.17, 15) is 13.2 Å². The van der Waals surface area contributed by atoms with Gasteiger partial charge in [0, 0.05) is 19.0 Å². The van der Waals surface area contributed by atoms with Gasteiger partial charge in [0.25, 0.3) is 0 Å². The van der Waals surface area contributed by atoms with Crippen molar-refractivity contribution < 1.29 is 36.9 Å². The fourth-order valence-electron chi connectivity index (χ4n) is 3.05. The van der Waals surface area contributed by atoms with Crippen molar-refractivity contribution >= 4 is 27.6 Å². The van der Waals surface area contributed by atoms with Gasteiger partial charge in [-0.25, -0.2) is 13.1 Å². The van der Waals surface area contributed by atoms with Crippen molar-refractivity contribution in [2.45, 2.75) is 24.3 Å². The van der Waals surface area contributed by atoms with Crippen LogP contribution in [0.3, 0.4) is 0 Å². The molecule has 4 rings (SSSR count). The summed E-state index contributed by atoms with van der Waals surface area (Å²) in [6, 6.07) is 7.76. The normalized spacial score (nSPS) is 14.4. The molecule has 0 atom stereocenters. The Kier molecular flexibility index (Phi) is 6.40. The lowest BCUT2D eigenvalue weighted by Crippen LogP contribution is -2.25. The van der Waals surface area contributed by atoms with Gasteiger partial charge in [-0.3, -0.25) is 4.79 Å². The molecule has 0 unspecified atom stereocenters. The van der Waals surface area contributed by atoms with Crippen molar-refractivity contribution in [3.63, 3.8) is 0 Å². The van der Waals surface area contributed by atoms with Crippen LogP contribution in [0.15, 0.2) is 35.2 Å². The van der Waals surface area contributed by atoms with Crippen molar-refractivity contribution in [2.75, 3.05) is 26.6 Å².